The van der Waals surface area contributed by atoms with Crippen molar-refractivity contribution in [2.24, 2.45) is 11.0 Å². The maximum absolute atomic E-state index is 10.3. The Hall–Kier alpha value is -1.22. The van der Waals surface area contributed by atoms with Gasteiger partial charge in [-0.1, -0.05) is 19.0 Å². The minimum atomic E-state index is -0.845. The summed E-state index contributed by atoms with van der Waals surface area (Å²) in [4.78, 5) is 13.0. The second-order valence-electron chi connectivity index (χ2n) is 3.42. The fourth-order valence-corrected chi connectivity index (χ4v) is 1.13. The van der Waals surface area contributed by atoms with E-state index in [-0.39, 0.29) is 12.5 Å². The molecule has 0 aromatic carbocycles. The number of carbonyl (C=O) groups is 1. The monoisotopic (exact) mass is 185 g/mol. The number of hydrogen-bond donors (Lipinski definition) is 1. The van der Waals surface area contributed by atoms with Gasteiger partial charge in [0.1, 0.15) is 0 Å². The Kier molecular flexibility index (Phi) is 5.72. The third-order valence-electron chi connectivity index (χ3n) is 1.65. The molecule has 1 atom stereocenters. The van der Waals surface area contributed by atoms with Gasteiger partial charge in [-0.2, -0.15) is 0 Å². The van der Waals surface area contributed by atoms with Crippen LogP contribution in [-0.4, -0.2) is 17.1 Å². The Balaban J connectivity index is 3.94. The van der Waals surface area contributed by atoms with Gasteiger partial charge in [-0.25, -0.2) is 0 Å². The lowest BCUT2D eigenvalue weighted by atomic mass is 10.0. The van der Waals surface area contributed by atoms with Crippen LogP contribution in [0.2, 0.25) is 0 Å². The molecule has 0 amide bonds. The van der Waals surface area contributed by atoms with Gasteiger partial charge in [0.2, 0.25) is 0 Å². The van der Waals surface area contributed by atoms with Crippen LogP contribution in [0.4, 0.5) is 0 Å². The third kappa shape index (κ3) is 7.15. The SMILES string of the molecule is CC(C)C[C@@H](CCC(=O)O)N=[N+]=[N-]. The number of carboxylic acid groups (broad SMARTS) is 1. The van der Waals surface area contributed by atoms with Crippen LogP contribution in [-0.2, 0) is 4.79 Å². The number of aliphatic carboxylic acids is 1. The van der Waals surface area contributed by atoms with E-state index in [9.17, 15) is 4.79 Å². The molecular formula is C8H15N3O2. The highest BCUT2D eigenvalue weighted by atomic mass is 16.4. The van der Waals surface area contributed by atoms with Crippen molar-refractivity contribution in [3.63, 3.8) is 0 Å². The molecule has 5 nitrogen and oxygen atoms in total. The highest BCUT2D eigenvalue weighted by molar-refractivity contribution is 5.66. The predicted octanol–water partition coefficient (Wildman–Crippen LogP) is 2.58. The van der Waals surface area contributed by atoms with Crippen LogP contribution >= 0.6 is 0 Å². The molecule has 1 N–H and O–H groups in total. The molecule has 0 heterocycles. The van der Waals surface area contributed by atoms with Crippen molar-refractivity contribution in [3.05, 3.63) is 10.4 Å². The number of nitrogens with zero attached hydrogens (tertiary/aromatic N) is 3. The van der Waals surface area contributed by atoms with Crippen LogP contribution in [0.15, 0.2) is 5.11 Å². The van der Waals surface area contributed by atoms with E-state index in [4.69, 9.17) is 10.6 Å². The number of hydrogen-bond acceptors (Lipinski definition) is 2. The summed E-state index contributed by atoms with van der Waals surface area (Å²) < 4.78 is 0. The summed E-state index contributed by atoms with van der Waals surface area (Å²) >= 11 is 0. The first-order valence-electron chi connectivity index (χ1n) is 4.32. The fourth-order valence-electron chi connectivity index (χ4n) is 1.13. The zero-order valence-corrected chi connectivity index (χ0v) is 7.97. The van der Waals surface area contributed by atoms with E-state index in [1.54, 1.807) is 0 Å². The highest BCUT2D eigenvalue weighted by Gasteiger charge is 2.10. The van der Waals surface area contributed by atoms with E-state index in [0.29, 0.717) is 12.3 Å². The second-order valence-corrected chi connectivity index (χ2v) is 3.42. The van der Waals surface area contributed by atoms with E-state index in [1.807, 2.05) is 13.8 Å². The van der Waals surface area contributed by atoms with Crippen molar-refractivity contribution < 1.29 is 9.90 Å². The number of rotatable bonds is 6. The van der Waals surface area contributed by atoms with E-state index < -0.39 is 5.97 Å². The Morgan fingerprint density at radius 1 is 1.62 bits per heavy atom. The summed E-state index contributed by atoms with van der Waals surface area (Å²) in [6.45, 7) is 4.03. The Bertz CT molecular complexity index is 209. The van der Waals surface area contributed by atoms with Gasteiger partial charge < -0.3 is 5.11 Å². The maximum Gasteiger partial charge on any atom is 0.303 e. The summed E-state index contributed by atoms with van der Waals surface area (Å²) in [5, 5.41) is 12.0. The summed E-state index contributed by atoms with van der Waals surface area (Å²) in [6, 6.07) is -0.180. The molecule has 0 aromatic rings. The molecule has 0 saturated heterocycles. The van der Waals surface area contributed by atoms with E-state index in [1.165, 1.54) is 0 Å². The summed E-state index contributed by atoms with van der Waals surface area (Å²) in [5.41, 5.74) is 8.23. The molecule has 0 fully saturated rings. The molecule has 0 unspecified atom stereocenters. The Morgan fingerprint density at radius 3 is 2.62 bits per heavy atom. The summed E-state index contributed by atoms with van der Waals surface area (Å²) in [7, 11) is 0. The predicted molar refractivity (Wildman–Crippen MR) is 49.3 cm³/mol. The molecule has 0 aliphatic carbocycles. The third-order valence-corrected chi connectivity index (χ3v) is 1.65. The molecule has 0 radical (unpaired) electrons. The minimum Gasteiger partial charge on any atom is -0.481 e. The van der Waals surface area contributed by atoms with Crippen molar-refractivity contribution in [1.29, 1.82) is 0 Å². The first-order valence-corrected chi connectivity index (χ1v) is 4.32. The Morgan fingerprint density at radius 2 is 2.23 bits per heavy atom. The van der Waals surface area contributed by atoms with E-state index >= 15 is 0 Å². The van der Waals surface area contributed by atoms with Gasteiger partial charge in [0.25, 0.3) is 0 Å². The van der Waals surface area contributed by atoms with Gasteiger partial charge in [-0.15, -0.1) is 0 Å². The lowest BCUT2D eigenvalue weighted by Crippen LogP contribution is -2.10. The van der Waals surface area contributed by atoms with Crippen molar-refractivity contribution in [2.45, 2.75) is 39.2 Å². The van der Waals surface area contributed by atoms with Crippen molar-refractivity contribution >= 4 is 5.97 Å². The largest absolute Gasteiger partial charge is 0.481 e. The fraction of sp³-hybridized carbons (Fsp3) is 0.875. The smallest absolute Gasteiger partial charge is 0.303 e. The lowest BCUT2D eigenvalue weighted by Gasteiger charge is -2.11. The molecule has 5 heteroatoms. The molecule has 0 rings (SSSR count). The zero-order chi connectivity index (χ0) is 10.3. The van der Waals surface area contributed by atoms with Crippen molar-refractivity contribution in [2.75, 3.05) is 0 Å². The highest BCUT2D eigenvalue weighted by Crippen LogP contribution is 2.13. The van der Waals surface area contributed by atoms with Crippen LogP contribution in [0.5, 0.6) is 0 Å². The minimum absolute atomic E-state index is 0.0659. The van der Waals surface area contributed by atoms with Gasteiger partial charge in [-0.3, -0.25) is 4.79 Å². The topological polar surface area (TPSA) is 86.1 Å². The molecule has 74 valence electrons. The van der Waals surface area contributed by atoms with Gasteiger partial charge in [0.15, 0.2) is 0 Å². The first kappa shape index (κ1) is 11.8. The van der Waals surface area contributed by atoms with Crippen LogP contribution in [0.25, 0.3) is 10.4 Å². The lowest BCUT2D eigenvalue weighted by molar-refractivity contribution is -0.137. The van der Waals surface area contributed by atoms with Gasteiger partial charge in [-0.05, 0) is 24.3 Å². The molecular weight excluding hydrogens is 170 g/mol. The van der Waals surface area contributed by atoms with Crippen LogP contribution < -0.4 is 0 Å². The average Bonchev–Trinajstić information content (AvgIpc) is 1.99. The van der Waals surface area contributed by atoms with Gasteiger partial charge in [0.05, 0.1) is 0 Å². The number of azide groups is 1. The summed E-state index contributed by atoms with van der Waals surface area (Å²) in [5.74, 6) is -0.425. The maximum atomic E-state index is 10.3. The zero-order valence-electron chi connectivity index (χ0n) is 7.97. The van der Waals surface area contributed by atoms with Crippen molar-refractivity contribution in [3.8, 4) is 0 Å². The van der Waals surface area contributed by atoms with E-state index in [0.717, 1.165) is 6.42 Å². The molecule has 0 spiro atoms. The quantitative estimate of drug-likeness (QED) is 0.391. The normalized spacial score (nSPS) is 12.2. The van der Waals surface area contributed by atoms with Gasteiger partial charge in [0, 0.05) is 17.4 Å². The van der Waals surface area contributed by atoms with Crippen LogP contribution in [0, 0.1) is 5.92 Å². The molecule has 0 bridgehead atoms. The molecule has 0 saturated carbocycles. The van der Waals surface area contributed by atoms with Gasteiger partial charge >= 0.3 is 5.97 Å². The molecule has 0 aromatic heterocycles. The molecule has 13 heavy (non-hydrogen) atoms. The molecule has 0 aliphatic heterocycles. The second kappa shape index (κ2) is 6.31. The Labute approximate surface area is 77.4 Å². The van der Waals surface area contributed by atoms with Crippen LogP contribution in [0.3, 0.4) is 0 Å². The molecule has 0 aliphatic rings. The van der Waals surface area contributed by atoms with Crippen molar-refractivity contribution in [1.82, 2.24) is 0 Å². The van der Waals surface area contributed by atoms with Crippen LogP contribution in [0.1, 0.15) is 33.1 Å². The standard InChI is InChI=1S/C8H15N3O2/c1-6(2)5-7(10-11-9)3-4-8(12)13/h6-7H,3-5H2,1-2H3,(H,12,13)/t7-/m1/s1. The first-order chi connectivity index (χ1) is 6.06. The average molecular weight is 185 g/mol. The van der Waals surface area contributed by atoms with E-state index in [2.05, 4.69) is 10.0 Å². The number of carboxylic acids is 1. The summed E-state index contributed by atoms with van der Waals surface area (Å²) in [6.07, 6.45) is 1.24.